The Bertz CT molecular complexity index is 140. The van der Waals surface area contributed by atoms with Gasteiger partial charge in [0.05, 0.1) is 12.3 Å². The predicted molar refractivity (Wildman–Crippen MR) is 46.8 cm³/mol. The van der Waals surface area contributed by atoms with Gasteiger partial charge in [-0.25, -0.2) is 4.39 Å². The van der Waals surface area contributed by atoms with Gasteiger partial charge >= 0.3 is 0 Å². The molecule has 1 fully saturated rings. The Morgan fingerprint density at radius 3 is 2.75 bits per heavy atom. The van der Waals surface area contributed by atoms with Gasteiger partial charge in [-0.05, 0) is 26.7 Å². The quantitative estimate of drug-likeness (QED) is 0.696. The maximum absolute atomic E-state index is 12.5. The van der Waals surface area contributed by atoms with E-state index in [1.54, 1.807) is 6.92 Å². The molecule has 0 saturated carbocycles. The minimum atomic E-state index is -0.727. The van der Waals surface area contributed by atoms with Crippen molar-refractivity contribution in [1.82, 2.24) is 4.90 Å². The van der Waals surface area contributed by atoms with Crippen LogP contribution in [0.15, 0.2) is 0 Å². The van der Waals surface area contributed by atoms with Gasteiger partial charge in [0.25, 0.3) is 0 Å². The molecule has 3 atom stereocenters. The zero-order valence-corrected chi connectivity index (χ0v) is 7.83. The summed E-state index contributed by atoms with van der Waals surface area (Å²) in [5.74, 6) is 0. The molecule has 0 bridgehead atoms. The second-order valence-electron chi connectivity index (χ2n) is 3.70. The van der Waals surface area contributed by atoms with Gasteiger partial charge in [0, 0.05) is 19.1 Å². The van der Waals surface area contributed by atoms with E-state index in [9.17, 15) is 9.50 Å². The lowest BCUT2D eigenvalue weighted by Gasteiger charge is -2.22. The van der Waals surface area contributed by atoms with E-state index in [4.69, 9.17) is 0 Å². The molecule has 0 aromatic carbocycles. The summed E-state index contributed by atoms with van der Waals surface area (Å²) in [4.78, 5) is 2.15. The molecule has 0 aromatic heterocycles. The molecule has 12 heavy (non-hydrogen) atoms. The van der Waals surface area contributed by atoms with Crippen LogP contribution >= 0.6 is 0 Å². The SMILES string of the molecule is CC(F)CCN1CC[C@@H](O)[C@@H]1C. The van der Waals surface area contributed by atoms with Crippen molar-refractivity contribution in [3.05, 3.63) is 0 Å². The minimum absolute atomic E-state index is 0.208. The molecule has 0 radical (unpaired) electrons. The Morgan fingerprint density at radius 1 is 1.67 bits per heavy atom. The van der Waals surface area contributed by atoms with Crippen molar-refractivity contribution in [3.8, 4) is 0 Å². The summed E-state index contributed by atoms with van der Waals surface area (Å²) in [5.41, 5.74) is 0. The third kappa shape index (κ3) is 2.42. The first-order valence-corrected chi connectivity index (χ1v) is 4.67. The van der Waals surface area contributed by atoms with E-state index in [0.717, 1.165) is 19.5 Å². The van der Waals surface area contributed by atoms with Crippen molar-refractivity contribution < 1.29 is 9.50 Å². The molecule has 0 amide bonds. The number of hydrogen-bond donors (Lipinski definition) is 1. The molecule has 1 N–H and O–H groups in total. The average Bonchev–Trinajstić information content (AvgIpc) is 2.30. The number of nitrogens with zero attached hydrogens (tertiary/aromatic N) is 1. The van der Waals surface area contributed by atoms with E-state index in [1.807, 2.05) is 6.92 Å². The van der Waals surface area contributed by atoms with E-state index in [1.165, 1.54) is 0 Å². The molecule has 0 aromatic rings. The maximum atomic E-state index is 12.5. The lowest BCUT2D eigenvalue weighted by molar-refractivity contribution is 0.121. The number of rotatable bonds is 3. The zero-order chi connectivity index (χ0) is 9.14. The average molecular weight is 175 g/mol. The first-order chi connectivity index (χ1) is 5.61. The molecule has 1 heterocycles. The first-order valence-electron chi connectivity index (χ1n) is 4.67. The standard InChI is InChI=1S/C9H18FNO/c1-7(10)3-5-11-6-4-9(12)8(11)2/h7-9,12H,3-6H2,1-2H3/t7?,8-,9+/m0/s1. The lowest BCUT2D eigenvalue weighted by atomic mass is 10.2. The smallest absolute Gasteiger partial charge is 0.0985 e. The Morgan fingerprint density at radius 2 is 2.33 bits per heavy atom. The first kappa shape index (κ1) is 9.93. The van der Waals surface area contributed by atoms with Crippen LogP contribution in [0.4, 0.5) is 4.39 Å². The summed E-state index contributed by atoms with van der Waals surface area (Å²) in [6.07, 6.45) is 0.480. The molecule has 1 saturated heterocycles. The molecule has 0 aliphatic carbocycles. The second kappa shape index (κ2) is 4.19. The normalized spacial score (nSPS) is 34.0. The van der Waals surface area contributed by atoms with Crippen LogP contribution in [0.5, 0.6) is 0 Å². The highest BCUT2D eigenvalue weighted by atomic mass is 19.1. The Balaban J connectivity index is 2.24. The van der Waals surface area contributed by atoms with Crippen LogP contribution in [-0.4, -0.2) is 41.4 Å². The molecule has 1 aliphatic rings. The monoisotopic (exact) mass is 175 g/mol. The molecule has 72 valence electrons. The molecule has 3 heteroatoms. The van der Waals surface area contributed by atoms with Crippen molar-refractivity contribution in [3.63, 3.8) is 0 Å². The summed E-state index contributed by atoms with van der Waals surface area (Å²) in [6.45, 7) is 5.27. The molecule has 1 aliphatic heterocycles. The third-order valence-corrected chi connectivity index (χ3v) is 2.66. The fraction of sp³-hybridized carbons (Fsp3) is 1.00. The summed E-state index contributed by atoms with van der Waals surface area (Å²) in [6, 6.07) is 0.212. The highest BCUT2D eigenvalue weighted by Crippen LogP contribution is 2.17. The van der Waals surface area contributed by atoms with Gasteiger partial charge in [-0.15, -0.1) is 0 Å². The second-order valence-corrected chi connectivity index (χ2v) is 3.70. The van der Waals surface area contributed by atoms with Gasteiger partial charge < -0.3 is 5.11 Å². The summed E-state index contributed by atoms with van der Waals surface area (Å²) in [5, 5.41) is 9.40. The maximum Gasteiger partial charge on any atom is 0.0985 e. The van der Waals surface area contributed by atoms with Crippen molar-refractivity contribution in [2.75, 3.05) is 13.1 Å². The number of halogens is 1. The van der Waals surface area contributed by atoms with Crippen molar-refractivity contribution >= 4 is 0 Å². The van der Waals surface area contributed by atoms with Gasteiger partial charge in [-0.3, -0.25) is 4.90 Å². The predicted octanol–water partition coefficient (Wildman–Crippen LogP) is 1.19. The fourth-order valence-electron chi connectivity index (χ4n) is 1.65. The van der Waals surface area contributed by atoms with Crippen LogP contribution in [0, 0.1) is 0 Å². The summed E-state index contributed by atoms with van der Waals surface area (Å²) < 4.78 is 12.5. The van der Waals surface area contributed by atoms with E-state index in [-0.39, 0.29) is 12.1 Å². The number of alkyl halides is 1. The minimum Gasteiger partial charge on any atom is -0.391 e. The fourth-order valence-corrected chi connectivity index (χ4v) is 1.65. The Labute approximate surface area is 73.4 Å². The van der Waals surface area contributed by atoms with Gasteiger partial charge in [0.2, 0.25) is 0 Å². The van der Waals surface area contributed by atoms with Gasteiger partial charge in [0.1, 0.15) is 0 Å². The Kier molecular flexibility index (Phi) is 3.47. The van der Waals surface area contributed by atoms with Crippen molar-refractivity contribution in [2.45, 2.75) is 45.0 Å². The Hall–Kier alpha value is -0.150. The number of aliphatic hydroxyl groups excluding tert-OH is 1. The molecular weight excluding hydrogens is 157 g/mol. The topological polar surface area (TPSA) is 23.5 Å². The van der Waals surface area contributed by atoms with E-state index >= 15 is 0 Å². The highest BCUT2D eigenvalue weighted by molar-refractivity contribution is 4.83. The van der Waals surface area contributed by atoms with Crippen LogP contribution in [0.25, 0.3) is 0 Å². The van der Waals surface area contributed by atoms with Crippen molar-refractivity contribution in [2.24, 2.45) is 0 Å². The number of hydrogen-bond acceptors (Lipinski definition) is 2. The van der Waals surface area contributed by atoms with E-state index < -0.39 is 6.17 Å². The van der Waals surface area contributed by atoms with Crippen molar-refractivity contribution in [1.29, 1.82) is 0 Å². The number of aliphatic hydroxyl groups is 1. The summed E-state index contributed by atoms with van der Waals surface area (Å²) in [7, 11) is 0. The molecule has 1 rings (SSSR count). The van der Waals surface area contributed by atoms with Gasteiger partial charge in [-0.2, -0.15) is 0 Å². The molecule has 0 spiro atoms. The zero-order valence-electron chi connectivity index (χ0n) is 7.83. The van der Waals surface area contributed by atoms with Gasteiger partial charge in [0.15, 0.2) is 0 Å². The van der Waals surface area contributed by atoms with Crippen LogP contribution in [-0.2, 0) is 0 Å². The third-order valence-electron chi connectivity index (χ3n) is 2.66. The largest absolute Gasteiger partial charge is 0.391 e. The molecule has 1 unspecified atom stereocenters. The molecule has 2 nitrogen and oxygen atoms in total. The lowest BCUT2D eigenvalue weighted by Crippen LogP contribution is -2.33. The van der Waals surface area contributed by atoms with E-state index in [0.29, 0.717) is 6.42 Å². The van der Waals surface area contributed by atoms with Gasteiger partial charge in [-0.1, -0.05) is 0 Å². The highest BCUT2D eigenvalue weighted by Gasteiger charge is 2.28. The van der Waals surface area contributed by atoms with Crippen LogP contribution in [0.2, 0.25) is 0 Å². The van der Waals surface area contributed by atoms with E-state index in [2.05, 4.69) is 4.90 Å². The van der Waals surface area contributed by atoms with Crippen LogP contribution < -0.4 is 0 Å². The van der Waals surface area contributed by atoms with Crippen LogP contribution in [0.3, 0.4) is 0 Å². The number of likely N-dealkylation sites (tertiary alicyclic amines) is 1. The molecular formula is C9H18FNO. The summed E-state index contributed by atoms with van der Waals surface area (Å²) >= 11 is 0. The van der Waals surface area contributed by atoms with Crippen LogP contribution in [0.1, 0.15) is 26.7 Å².